The van der Waals surface area contributed by atoms with E-state index in [1.54, 1.807) is 12.4 Å². The first kappa shape index (κ1) is 10.5. The van der Waals surface area contributed by atoms with Crippen LogP contribution in [0.15, 0.2) is 5.51 Å². The van der Waals surface area contributed by atoms with Crippen LogP contribution in [0.4, 0.5) is 0 Å². The molecule has 5 heteroatoms. The van der Waals surface area contributed by atoms with Crippen LogP contribution in [0.1, 0.15) is 37.7 Å². The summed E-state index contributed by atoms with van der Waals surface area (Å²) >= 11 is 1.54. The minimum atomic E-state index is 0.141. The van der Waals surface area contributed by atoms with Gasteiger partial charge in [-0.2, -0.15) is 0 Å². The highest BCUT2D eigenvalue weighted by Gasteiger charge is 2.30. The van der Waals surface area contributed by atoms with Crippen molar-refractivity contribution in [1.82, 2.24) is 15.1 Å². The normalized spacial score (nSPS) is 26.7. The molecule has 1 fully saturated rings. The van der Waals surface area contributed by atoms with Crippen molar-refractivity contribution < 1.29 is 4.79 Å². The summed E-state index contributed by atoms with van der Waals surface area (Å²) in [5.41, 5.74) is 1.73. The molecule has 0 radical (unpaired) electrons. The first-order chi connectivity index (χ1) is 7.18. The first-order valence-corrected chi connectivity index (χ1v) is 6.09. The molecule has 0 N–H and O–H groups in total. The van der Waals surface area contributed by atoms with Crippen molar-refractivity contribution in [3.05, 3.63) is 10.5 Å². The summed E-state index contributed by atoms with van der Waals surface area (Å²) in [6, 6.07) is 0.159. The van der Waals surface area contributed by atoms with Crippen molar-refractivity contribution in [3.63, 3.8) is 0 Å². The molecule has 2 heterocycles. The molecular formula is C10H15N3OS. The molecule has 1 aliphatic heterocycles. The number of hydrogen-bond acceptors (Lipinski definition) is 4. The number of hydrogen-bond donors (Lipinski definition) is 0. The third-order valence-corrected chi connectivity index (χ3v) is 3.68. The zero-order valence-corrected chi connectivity index (χ0v) is 9.83. The lowest BCUT2D eigenvalue weighted by Gasteiger charge is -2.36. The lowest BCUT2D eigenvalue weighted by atomic mass is 9.94. The maximum absolute atomic E-state index is 11.5. The molecule has 2 unspecified atom stereocenters. The van der Waals surface area contributed by atoms with E-state index >= 15 is 0 Å². The van der Waals surface area contributed by atoms with Gasteiger partial charge in [-0.15, -0.1) is 21.5 Å². The third kappa shape index (κ3) is 2.17. The number of carbonyl (C=O) groups is 1. The SMILES string of the molecule is CC(=O)N1CC(C)CCC1c1nncs1. The van der Waals surface area contributed by atoms with Gasteiger partial charge in [0.2, 0.25) is 5.91 Å². The van der Waals surface area contributed by atoms with Gasteiger partial charge in [-0.25, -0.2) is 0 Å². The molecule has 1 amide bonds. The summed E-state index contributed by atoms with van der Waals surface area (Å²) in [6.45, 7) is 4.66. The molecule has 1 aliphatic rings. The van der Waals surface area contributed by atoms with Crippen molar-refractivity contribution in [2.75, 3.05) is 6.54 Å². The van der Waals surface area contributed by atoms with Crippen LogP contribution in [0.3, 0.4) is 0 Å². The second kappa shape index (κ2) is 4.26. The molecule has 0 aliphatic carbocycles. The molecule has 1 saturated heterocycles. The maximum Gasteiger partial charge on any atom is 0.220 e. The number of aromatic nitrogens is 2. The smallest absolute Gasteiger partial charge is 0.220 e. The fourth-order valence-corrected chi connectivity index (χ4v) is 2.78. The van der Waals surface area contributed by atoms with E-state index in [1.807, 2.05) is 4.90 Å². The van der Waals surface area contributed by atoms with Crippen LogP contribution in [-0.2, 0) is 4.79 Å². The molecule has 1 aromatic heterocycles. The minimum absolute atomic E-state index is 0.141. The number of rotatable bonds is 1. The highest BCUT2D eigenvalue weighted by molar-refractivity contribution is 7.09. The van der Waals surface area contributed by atoms with E-state index in [0.29, 0.717) is 5.92 Å². The quantitative estimate of drug-likeness (QED) is 0.733. The van der Waals surface area contributed by atoms with Gasteiger partial charge in [-0.3, -0.25) is 4.79 Å². The summed E-state index contributed by atoms with van der Waals surface area (Å²) in [5.74, 6) is 0.736. The zero-order chi connectivity index (χ0) is 10.8. The molecule has 2 atom stereocenters. The van der Waals surface area contributed by atoms with Crippen LogP contribution in [0.2, 0.25) is 0 Å². The number of nitrogens with zero attached hydrogens (tertiary/aromatic N) is 3. The fourth-order valence-electron chi connectivity index (χ4n) is 2.08. The van der Waals surface area contributed by atoms with Crippen molar-refractivity contribution in [1.29, 1.82) is 0 Å². The summed E-state index contributed by atoms with van der Waals surface area (Å²) in [5, 5.41) is 8.88. The van der Waals surface area contributed by atoms with Crippen LogP contribution in [0.25, 0.3) is 0 Å². The fraction of sp³-hybridized carbons (Fsp3) is 0.700. The number of piperidine rings is 1. The standard InChI is InChI=1S/C10H15N3OS/c1-7-3-4-9(10-12-11-6-15-10)13(5-7)8(2)14/h6-7,9H,3-5H2,1-2H3. The van der Waals surface area contributed by atoms with Gasteiger partial charge in [0.25, 0.3) is 0 Å². The van der Waals surface area contributed by atoms with Crippen molar-refractivity contribution in [3.8, 4) is 0 Å². The Morgan fingerprint density at radius 3 is 3.00 bits per heavy atom. The Balaban J connectivity index is 2.19. The topological polar surface area (TPSA) is 46.1 Å². The van der Waals surface area contributed by atoms with Gasteiger partial charge in [-0.1, -0.05) is 6.92 Å². The second-order valence-electron chi connectivity index (χ2n) is 4.15. The van der Waals surface area contributed by atoms with Gasteiger partial charge in [0.05, 0.1) is 6.04 Å². The summed E-state index contributed by atoms with van der Waals surface area (Å²) in [4.78, 5) is 13.5. The Hall–Kier alpha value is -0.970. The highest BCUT2D eigenvalue weighted by atomic mass is 32.1. The van der Waals surface area contributed by atoms with E-state index in [1.165, 1.54) is 11.3 Å². The van der Waals surface area contributed by atoms with Gasteiger partial charge < -0.3 is 4.90 Å². The van der Waals surface area contributed by atoms with Crippen molar-refractivity contribution >= 4 is 17.2 Å². The Kier molecular flexibility index (Phi) is 3.00. The Labute approximate surface area is 93.3 Å². The predicted molar refractivity (Wildman–Crippen MR) is 58.4 cm³/mol. The highest BCUT2D eigenvalue weighted by Crippen LogP contribution is 2.33. The Bertz CT molecular complexity index is 338. The van der Waals surface area contributed by atoms with E-state index in [9.17, 15) is 4.79 Å². The summed E-state index contributed by atoms with van der Waals surface area (Å²) < 4.78 is 0. The van der Waals surface area contributed by atoms with Crippen LogP contribution in [-0.4, -0.2) is 27.5 Å². The van der Waals surface area contributed by atoms with E-state index < -0.39 is 0 Å². The molecule has 82 valence electrons. The molecule has 0 aromatic carbocycles. The van der Waals surface area contributed by atoms with Gasteiger partial charge in [-0.05, 0) is 18.8 Å². The van der Waals surface area contributed by atoms with Crippen LogP contribution in [0.5, 0.6) is 0 Å². The number of carbonyl (C=O) groups excluding carboxylic acids is 1. The molecule has 0 spiro atoms. The minimum Gasteiger partial charge on any atom is -0.333 e. The van der Waals surface area contributed by atoms with E-state index in [4.69, 9.17) is 0 Å². The van der Waals surface area contributed by atoms with E-state index in [0.717, 1.165) is 24.4 Å². The molecule has 0 saturated carbocycles. The molecule has 2 rings (SSSR count). The van der Waals surface area contributed by atoms with Crippen LogP contribution < -0.4 is 0 Å². The average Bonchev–Trinajstić information content (AvgIpc) is 2.70. The van der Waals surface area contributed by atoms with E-state index in [-0.39, 0.29) is 11.9 Å². The van der Waals surface area contributed by atoms with Crippen molar-refractivity contribution in [2.45, 2.75) is 32.7 Å². The lowest BCUT2D eigenvalue weighted by Crippen LogP contribution is -2.40. The van der Waals surface area contributed by atoms with Gasteiger partial charge in [0.1, 0.15) is 10.5 Å². The second-order valence-corrected chi connectivity index (χ2v) is 5.01. The Morgan fingerprint density at radius 1 is 1.60 bits per heavy atom. The summed E-state index contributed by atoms with van der Waals surface area (Å²) in [6.07, 6.45) is 2.17. The van der Waals surface area contributed by atoms with E-state index in [2.05, 4.69) is 17.1 Å². The Morgan fingerprint density at radius 2 is 2.40 bits per heavy atom. The summed E-state index contributed by atoms with van der Waals surface area (Å²) in [7, 11) is 0. The molecule has 1 aromatic rings. The van der Waals surface area contributed by atoms with Gasteiger partial charge in [0, 0.05) is 13.5 Å². The largest absolute Gasteiger partial charge is 0.333 e. The number of likely N-dealkylation sites (tertiary alicyclic amines) is 1. The van der Waals surface area contributed by atoms with Crippen molar-refractivity contribution in [2.24, 2.45) is 5.92 Å². The molecule has 0 bridgehead atoms. The average molecular weight is 225 g/mol. The third-order valence-electron chi connectivity index (χ3n) is 2.88. The first-order valence-electron chi connectivity index (χ1n) is 5.21. The lowest BCUT2D eigenvalue weighted by molar-refractivity contribution is -0.133. The predicted octanol–water partition coefficient (Wildman–Crippen LogP) is 1.86. The van der Waals surface area contributed by atoms with Gasteiger partial charge >= 0.3 is 0 Å². The molecular weight excluding hydrogens is 210 g/mol. The number of amides is 1. The zero-order valence-electron chi connectivity index (χ0n) is 9.01. The monoisotopic (exact) mass is 225 g/mol. The van der Waals surface area contributed by atoms with Crippen LogP contribution >= 0.6 is 11.3 Å². The molecule has 15 heavy (non-hydrogen) atoms. The maximum atomic E-state index is 11.5. The van der Waals surface area contributed by atoms with Crippen LogP contribution in [0, 0.1) is 5.92 Å². The van der Waals surface area contributed by atoms with Gasteiger partial charge in [0.15, 0.2) is 0 Å². The molecule has 4 nitrogen and oxygen atoms in total.